The number of carbonyl (C=O) groups excluding carboxylic acids is 2. The molecule has 0 aliphatic carbocycles. The van der Waals surface area contributed by atoms with E-state index in [1.165, 1.54) is 0 Å². The number of nitrogens with zero attached hydrogens (tertiary/aromatic N) is 3. The molecule has 4 aromatic rings. The Bertz CT molecular complexity index is 1170. The Morgan fingerprint density at radius 1 is 0.821 bits per heavy atom. The first kappa shape index (κ1) is 17.4. The Kier molecular flexibility index (Phi) is 4.55. The highest BCUT2D eigenvalue weighted by molar-refractivity contribution is 6.08. The SMILES string of the molecule is Cc1nc2ccc(NC(=O)c3cccc(C(=O)Nc4ccccc4)c3)cn2n1. The number of amides is 2. The first-order valence-electron chi connectivity index (χ1n) is 8.69. The van der Waals surface area contributed by atoms with Crippen molar-refractivity contribution in [1.29, 1.82) is 0 Å². The average Bonchev–Trinajstić information content (AvgIpc) is 3.08. The van der Waals surface area contributed by atoms with Gasteiger partial charge in [0.15, 0.2) is 5.65 Å². The van der Waals surface area contributed by atoms with Crippen molar-refractivity contribution in [1.82, 2.24) is 14.6 Å². The van der Waals surface area contributed by atoms with Gasteiger partial charge in [-0.15, -0.1) is 0 Å². The fourth-order valence-electron chi connectivity index (χ4n) is 2.80. The summed E-state index contributed by atoms with van der Waals surface area (Å²) in [6, 6.07) is 19.3. The van der Waals surface area contributed by atoms with Crippen LogP contribution in [0.2, 0.25) is 0 Å². The number of anilines is 2. The van der Waals surface area contributed by atoms with Crippen LogP contribution in [-0.2, 0) is 0 Å². The van der Waals surface area contributed by atoms with Crippen molar-refractivity contribution in [2.24, 2.45) is 0 Å². The molecular formula is C21H17N5O2. The van der Waals surface area contributed by atoms with Crippen LogP contribution < -0.4 is 10.6 Å². The van der Waals surface area contributed by atoms with Crippen molar-refractivity contribution < 1.29 is 9.59 Å². The number of hydrogen-bond acceptors (Lipinski definition) is 4. The lowest BCUT2D eigenvalue weighted by atomic mass is 10.1. The van der Waals surface area contributed by atoms with Gasteiger partial charge in [0.05, 0.1) is 11.9 Å². The van der Waals surface area contributed by atoms with E-state index in [0.29, 0.717) is 34.0 Å². The summed E-state index contributed by atoms with van der Waals surface area (Å²) in [6.07, 6.45) is 1.69. The van der Waals surface area contributed by atoms with E-state index in [2.05, 4.69) is 20.7 Å². The molecule has 2 N–H and O–H groups in total. The maximum absolute atomic E-state index is 12.6. The van der Waals surface area contributed by atoms with Gasteiger partial charge in [-0.1, -0.05) is 24.3 Å². The van der Waals surface area contributed by atoms with E-state index in [9.17, 15) is 9.59 Å². The van der Waals surface area contributed by atoms with Crippen LogP contribution in [0.3, 0.4) is 0 Å². The van der Waals surface area contributed by atoms with E-state index in [0.717, 1.165) is 0 Å². The van der Waals surface area contributed by atoms with Crippen LogP contribution in [0.5, 0.6) is 0 Å². The van der Waals surface area contributed by atoms with E-state index < -0.39 is 0 Å². The summed E-state index contributed by atoms with van der Waals surface area (Å²) in [5.41, 5.74) is 2.77. The lowest BCUT2D eigenvalue weighted by Crippen LogP contribution is -2.15. The second kappa shape index (κ2) is 7.32. The summed E-state index contributed by atoms with van der Waals surface area (Å²) in [7, 11) is 0. The first-order chi connectivity index (χ1) is 13.6. The van der Waals surface area contributed by atoms with Crippen molar-refractivity contribution in [2.75, 3.05) is 10.6 Å². The molecule has 2 aromatic carbocycles. The van der Waals surface area contributed by atoms with Gasteiger partial charge in [0.25, 0.3) is 11.8 Å². The minimum absolute atomic E-state index is 0.277. The van der Waals surface area contributed by atoms with Gasteiger partial charge in [0.1, 0.15) is 5.82 Å². The lowest BCUT2D eigenvalue weighted by Gasteiger charge is -2.08. The van der Waals surface area contributed by atoms with E-state index in [1.807, 2.05) is 18.2 Å². The zero-order chi connectivity index (χ0) is 19.5. The van der Waals surface area contributed by atoms with Gasteiger partial charge in [0.2, 0.25) is 0 Å². The molecule has 2 aromatic heterocycles. The van der Waals surface area contributed by atoms with Crippen LogP contribution in [0.25, 0.3) is 5.65 Å². The molecule has 0 fully saturated rings. The number of para-hydroxylation sites is 1. The molecule has 7 heteroatoms. The Balaban J connectivity index is 1.51. The number of pyridine rings is 1. The molecule has 0 radical (unpaired) electrons. The maximum Gasteiger partial charge on any atom is 0.255 e. The van der Waals surface area contributed by atoms with Gasteiger partial charge in [-0.25, -0.2) is 9.50 Å². The molecule has 0 aliphatic rings. The molecule has 0 bridgehead atoms. The Labute approximate surface area is 161 Å². The van der Waals surface area contributed by atoms with Crippen molar-refractivity contribution in [2.45, 2.75) is 6.92 Å². The molecule has 2 heterocycles. The second-order valence-electron chi connectivity index (χ2n) is 6.23. The molecule has 0 aliphatic heterocycles. The van der Waals surface area contributed by atoms with Crippen LogP contribution in [-0.4, -0.2) is 26.4 Å². The van der Waals surface area contributed by atoms with E-state index in [-0.39, 0.29) is 11.8 Å². The molecule has 4 rings (SSSR count). The zero-order valence-electron chi connectivity index (χ0n) is 15.1. The Morgan fingerprint density at radius 2 is 1.50 bits per heavy atom. The van der Waals surface area contributed by atoms with E-state index in [1.54, 1.807) is 66.2 Å². The average molecular weight is 371 g/mol. The quantitative estimate of drug-likeness (QED) is 0.574. The first-order valence-corrected chi connectivity index (χ1v) is 8.69. The fraction of sp³-hybridized carbons (Fsp3) is 0.0476. The molecule has 0 saturated heterocycles. The van der Waals surface area contributed by atoms with Crippen molar-refractivity contribution in [3.05, 3.63) is 89.9 Å². The van der Waals surface area contributed by atoms with E-state index in [4.69, 9.17) is 0 Å². The van der Waals surface area contributed by atoms with Gasteiger partial charge in [-0.2, -0.15) is 5.10 Å². The highest BCUT2D eigenvalue weighted by atomic mass is 16.2. The molecule has 138 valence electrons. The molecule has 0 saturated carbocycles. The monoisotopic (exact) mass is 371 g/mol. The number of carbonyl (C=O) groups is 2. The third kappa shape index (κ3) is 3.73. The van der Waals surface area contributed by atoms with Crippen LogP contribution in [0.1, 0.15) is 26.5 Å². The number of rotatable bonds is 4. The summed E-state index contributed by atoms with van der Waals surface area (Å²) in [4.78, 5) is 29.3. The Morgan fingerprint density at radius 3 is 2.21 bits per heavy atom. The van der Waals surface area contributed by atoms with Crippen LogP contribution in [0.4, 0.5) is 11.4 Å². The van der Waals surface area contributed by atoms with Gasteiger partial charge < -0.3 is 10.6 Å². The van der Waals surface area contributed by atoms with Crippen LogP contribution >= 0.6 is 0 Å². The molecule has 28 heavy (non-hydrogen) atoms. The minimum atomic E-state index is -0.314. The fourth-order valence-corrected chi connectivity index (χ4v) is 2.80. The highest BCUT2D eigenvalue weighted by Gasteiger charge is 2.12. The summed E-state index contributed by atoms with van der Waals surface area (Å²) in [5, 5.41) is 9.86. The molecule has 0 spiro atoms. The maximum atomic E-state index is 12.6. The molecule has 2 amide bonds. The number of hydrogen-bond donors (Lipinski definition) is 2. The molecular weight excluding hydrogens is 354 g/mol. The number of nitrogens with one attached hydrogen (secondary N) is 2. The second-order valence-corrected chi connectivity index (χ2v) is 6.23. The summed E-state index contributed by atoms with van der Waals surface area (Å²) in [5.74, 6) is 0.0616. The third-order valence-corrected chi connectivity index (χ3v) is 4.11. The summed E-state index contributed by atoms with van der Waals surface area (Å²) < 4.78 is 1.61. The van der Waals surface area contributed by atoms with Gasteiger partial charge in [0, 0.05) is 16.8 Å². The van der Waals surface area contributed by atoms with Crippen molar-refractivity contribution >= 4 is 28.8 Å². The summed E-state index contributed by atoms with van der Waals surface area (Å²) in [6.45, 7) is 1.80. The number of aryl methyl sites for hydroxylation is 1. The minimum Gasteiger partial charge on any atom is -0.322 e. The molecule has 0 atom stereocenters. The Hall–Kier alpha value is -4.00. The predicted octanol–water partition coefficient (Wildman–Crippen LogP) is 3.54. The van der Waals surface area contributed by atoms with Gasteiger partial charge in [-0.3, -0.25) is 9.59 Å². The van der Waals surface area contributed by atoms with Crippen molar-refractivity contribution in [3.8, 4) is 0 Å². The number of fused-ring (bicyclic) bond motifs is 1. The topological polar surface area (TPSA) is 88.4 Å². The third-order valence-electron chi connectivity index (χ3n) is 4.11. The molecule has 0 unspecified atom stereocenters. The number of aromatic nitrogens is 3. The summed E-state index contributed by atoms with van der Waals surface area (Å²) >= 11 is 0. The predicted molar refractivity (Wildman–Crippen MR) is 107 cm³/mol. The normalized spacial score (nSPS) is 10.6. The zero-order valence-corrected chi connectivity index (χ0v) is 15.1. The van der Waals surface area contributed by atoms with Gasteiger partial charge in [-0.05, 0) is 49.4 Å². The standard InChI is InChI=1S/C21H17N5O2/c1-14-22-19-11-10-18(13-26(19)25-14)24-21(28)16-7-5-6-15(12-16)20(27)23-17-8-3-2-4-9-17/h2-13H,1H3,(H,23,27)(H,24,28). The smallest absolute Gasteiger partial charge is 0.255 e. The highest BCUT2D eigenvalue weighted by Crippen LogP contribution is 2.14. The molecule has 7 nitrogen and oxygen atoms in total. The van der Waals surface area contributed by atoms with Gasteiger partial charge >= 0.3 is 0 Å². The largest absolute Gasteiger partial charge is 0.322 e. The number of benzene rings is 2. The van der Waals surface area contributed by atoms with Crippen LogP contribution in [0, 0.1) is 6.92 Å². The van der Waals surface area contributed by atoms with Crippen molar-refractivity contribution in [3.63, 3.8) is 0 Å². The van der Waals surface area contributed by atoms with Crippen LogP contribution in [0.15, 0.2) is 72.9 Å². The lowest BCUT2D eigenvalue weighted by molar-refractivity contribution is 0.102. The van der Waals surface area contributed by atoms with E-state index >= 15 is 0 Å².